The lowest BCUT2D eigenvalue weighted by Crippen LogP contribution is -2.28. The van der Waals surface area contributed by atoms with Crippen LogP contribution >= 0.6 is 0 Å². The van der Waals surface area contributed by atoms with Crippen molar-refractivity contribution in [2.24, 2.45) is 5.41 Å². The topological polar surface area (TPSA) is 46.2 Å². The molecule has 0 heterocycles. The zero-order valence-corrected chi connectivity index (χ0v) is 11.7. The first-order valence-corrected chi connectivity index (χ1v) is 5.97. The van der Waals surface area contributed by atoms with E-state index in [1.807, 2.05) is 0 Å². The molecule has 20 heavy (non-hydrogen) atoms. The minimum atomic E-state index is -4.65. The number of Topliss-reactive ketones (excluding diaryl/α,β-unsaturated/α-hetero) is 1. The number of carbonyl (C=O) groups is 2. The van der Waals surface area contributed by atoms with Gasteiger partial charge in [0.2, 0.25) is 5.91 Å². The highest BCUT2D eigenvalue weighted by Gasteiger charge is 2.36. The molecule has 0 radical (unpaired) electrons. The Morgan fingerprint density at radius 2 is 1.65 bits per heavy atom. The maximum Gasteiger partial charge on any atom is 0.417 e. The second-order valence-corrected chi connectivity index (χ2v) is 5.49. The van der Waals surface area contributed by atoms with Gasteiger partial charge in [0.25, 0.3) is 0 Å². The molecule has 6 heteroatoms. The molecule has 1 N–H and O–H groups in total. The SMILES string of the molecule is CC(=O)c1c(NC(=O)C(C)(C)C)cccc1C(F)(F)F. The van der Waals surface area contributed by atoms with Crippen LogP contribution in [0.4, 0.5) is 18.9 Å². The lowest BCUT2D eigenvalue weighted by atomic mass is 9.94. The van der Waals surface area contributed by atoms with Gasteiger partial charge in [-0.1, -0.05) is 26.8 Å². The summed E-state index contributed by atoms with van der Waals surface area (Å²) >= 11 is 0. The molecule has 0 fully saturated rings. The van der Waals surface area contributed by atoms with E-state index < -0.39 is 34.4 Å². The van der Waals surface area contributed by atoms with E-state index in [1.165, 1.54) is 6.07 Å². The van der Waals surface area contributed by atoms with Crippen molar-refractivity contribution in [1.29, 1.82) is 0 Å². The number of ketones is 1. The van der Waals surface area contributed by atoms with Crippen LogP contribution < -0.4 is 5.32 Å². The van der Waals surface area contributed by atoms with Crippen molar-refractivity contribution in [1.82, 2.24) is 0 Å². The highest BCUT2D eigenvalue weighted by Crippen LogP contribution is 2.35. The van der Waals surface area contributed by atoms with Gasteiger partial charge in [-0.15, -0.1) is 0 Å². The van der Waals surface area contributed by atoms with Crippen molar-refractivity contribution in [3.05, 3.63) is 29.3 Å². The molecule has 0 aliphatic heterocycles. The molecule has 1 amide bonds. The Morgan fingerprint density at radius 1 is 1.10 bits per heavy atom. The summed E-state index contributed by atoms with van der Waals surface area (Å²) in [5.74, 6) is -1.21. The number of amides is 1. The Hall–Kier alpha value is -1.85. The van der Waals surface area contributed by atoms with E-state index in [9.17, 15) is 22.8 Å². The predicted octanol–water partition coefficient (Wildman–Crippen LogP) is 3.89. The maximum atomic E-state index is 12.9. The quantitative estimate of drug-likeness (QED) is 0.839. The van der Waals surface area contributed by atoms with Gasteiger partial charge in [-0.25, -0.2) is 0 Å². The lowest BCUT2D eigenvalue weighted by molar-refractivity contribution is -0.138. The molecule has 110 valence electrons. The normalized spacial score (nSPS) is 12.2. The zero-order valence-electron chi connectivity index (χ0n) is 11.7. The summed E-state index contributed by atoms with van der Waals surface area (Å²) in [7, 11) is 0. The fourth-order valence-electron chi connectivity index (χ4n) is 1.58. The minimum Gasteiger partial charge on any atom is -0.325 e. The Morgan fingerprint density at radius 3 is 2.05 bits per heavy atom. The van der Waals surface area contributed by atoms with E-state index in [-0.39, 0.29) is 5.69 Å². The second-order valence-electron chi connectivity index (χ2n) is 5.49. The summed E-state index contributed by atoms with van der Waals surface area (Å²) in [6.07, 6.45) is -4.65. The Kier molecular flexibility index (Phi) is 4.27. The zero-order chi connectivity index (χ0) is 15.7. The Labute approximate surface area is 115 Å². The molecular weight excluding hydrogens is 271 g/mol. The molecule has 0 aliphatic carbocycles. The van der Waals surface area contributed by atoms with Gasteiger partial charge in [-0.2, -0.15) is 13.2 Å². The first-order valence-electron chi connectivity index (χ1n) is 5.97. The maximum absolute atomic E-state index is 12.9. The first-order chi connectivity index (χ1) is 8.94. The van der Waals surface area contributed by atoms with Crippen LogP contribution in [0.5, 0.6) is 0 Å². The Balaban J connectivity index is 3.35. The average molecular weight is 287 g/mol. The molecule has 0 bridgehead atoms. The number of alkyl halides is 3. The smallest absolute Gasteiger partial charge is 0.325 e. The van der Waals surface area contributed by atoms with Gasteiger partial charge in [0.05, 0.1) is 16.8 Å². The molecule has 1 rings (SSSR count). The summed E-state index contributed by atoms with van der Waals surface area (Å²) in [4.78, 5) is 23.4. The van der Waals surface area contributed by atoms with Crippen LogP contribution in [0.3, 0.4) is 0 Å². The highest BCUT2D eigenvalue weighted by atomic mass is 19.4. The van der Waals surface area contributed by atoms with Gasteiger partial charge < -0.3 is 5.32 Å². The predicted molar refractivity (Wildman–Crippen MR) is 69.5 cm³/mol. The van der Waals surface area contributed by atoms with Gasteiger partial charge in [0, 0.05) is 5.41 Å². The number of hydrogen-bond donors (Lipinski definition) is 1. The van der Waals surface area contributed by atoms with Gasteiger partial charge in [-0.05, 0) is 19.1 Å². The van der Waals surface area contributed by atoms with E-state index in [0.717, 1.165) is 19.1 Å². The van der Waals surface area contributed by atoms with Crippen molar-refractivity contribution in [2.75, 3.05) is 5.32 Å². The molecule has 0 unspecified atom stereocenters. The van der Waals surface area contributed by atoms with Crippen molar-refractivity contribution in [3.8, 4) is 0 Å². The van der Waals surface area contributed by atoms with Crippen LogP contribution in [0.15, 0.2) is 18.2 Å². The number of halogens is 3. The van der Waals surface area contributed by atoms with E-state index in [2.05, 4.69) is 5.32 Å². The van der Waals surface area contributed by atoms with E-state index in [0.29, 0.717) is 0 Å². The molecule has 3 nitrogen and oxygen atoms in total. The van der Waals surface area contributed by atoms with Crippen LogP contribution in [-0.2, 0) is 11.0 Å². The number of nitrogens with one attached hydrogen (secondary N) is 1. The monoisotopic (exact) mass is 287 g/mol. The van der Waals surface area contributed by atoms with Crippen LogP contribution in [0, 0.1) is 5.41 Å². The summed E-state index contributed by atoms with van der Waals surface area (Å²) in [5, 5.41) is 2.38. The highest BCUT2D eigenvalue weighted by molar-refractivity contribution is 6.05. The minimum absolute atomic E-state index is 0.118. The molecule has 0 saturated carbocycles. The third-order valence-electron chi connectivity index (χ3n) is 2.65. The molecular formula is C14H16F3NO2. The van der Waals surface area contributed by atoms with Crippen molar-refractivity contribution in [3.63, 3.8) is 0 Å². The van der Waals surface area contributed by atoms with Crippen molar-refractivity contribution >= 4 is 17.4 Å². The molecule has 0 saturated heterocycles. The van der Waals surface area contributed by atoms with Gasteiger partial charge in [-0.3, -0.25) is 9.59 Å². The average Bonchev–Trinajstić information content (AvgIpc) is 2.25. The number of rotatable bonds is 2. The number of carbonyl (C=O) groups excluding carboxylic acids is 2. The molecule has 1 aromatic rings. The number of benzene rings is 1. The van der Waals surface area contributed by atoms with Crippen molar-refractivity contribution < 1.29 is 22.8 Å². The third kappa shape index (κ3) is 3.59. The first kappa shape index (κ1) is 16.2. The van der Waals surface area contributed by atoms with Crippen LogP contribution in [-0.4, -0.2) is 11.7 Å². The van der Waals surface area contributed by atoms with Crippen molar-refractivity contribution in [2.45, 2.75) is 33.9 Å². The van der Waals surface area contributed by atoms with Gasteiger partial charge in [0.1, 0.15) is 0 Å². The second kappa shape index (κ2) is 5.26. The largest absolute Gasteiger partial charge is 0.417 e. The molecule has 0 aromatic heterocycles. The fraction of sp³-hybridized carbons (Fsp3) is 0.429. The van der Waals surface area contributed by atoms with E-state index in [4.69, 9.17) is 0 Å². The van der Waals surface area contributed by atoms with Crippen LogP contribution in [0.1, 0.15) is 43.6 Å². The van der Waals surface area contributed by atoms with Gasteiger partial charge >= 0.3 is 6.18 Å². The summed E-state index contributed by atoms with van der Waals surface area (Å²) in [6.45, 7) is 5.92. The molecule has 1 aromatic carbocycles. The molecule has 0 aliphatic rings. The van der Waals surface area contributed by atoms with Gasteiger partial charge in [0.15, 0.2) is 5.78 Å². The summed E-state index contributed by atoms with van der Waals surface area (Å²) in [5.41, 5.74) is -2.45. The number of anilines is 1. The summed E-state index contributed by atoms with van der Waals surface area (Å²) in [6, 6.07) is 3.27. The molecule has 0 spiro atoms. The lowest BCUT2D eigenvalue weighted by Gasteiger charge is -2.20. The molecule has 0 atom stereocenters. The standard InChI is InChI=1S/C14H16F3NO2/c1-8(19)11-9(14(15,16)17)6-5-7-10(11)18-12(20)13(2,3)4/h5-7H,1-4H3,(H,18,20). The fourth-order valence-corrected chi connectivity index (χ4v) is 1.58. The third-order valence-corrected chi connectivity index (χ3v) is 2.65. The Bertz CT molecular complexity index is 542. The van der Waals surface area contributed by atoms with E-state index >= 15 is 0 Å². The van der Waals surface area contributed by atoms with Crippen LogP contribution in [0.2, 0.25) is 0 Å². The number of hydrogen-bond acceptors (Lipinski definition) is 2. The summed E-state index contributed by atoms with van der Waals surface area (Å²) < 4.78 is 38.7. The van der Waals surface area contributed by atoms with E-state index in [1.54, 1.807) is 20.8 Å². The van der Waals surface area contributed by atoms with Crippen LogP contribution in [0.25, 0.3) is 0 Å².